The van der Waals surface area contributed by atoms with Gasteiger partial charge in [0.25, 0.3) is 0 Å². The van der Waals surface area contributed by atoms with Gasteiger partial charge in [-0.25, -0.2) is 0 Å². The maximum atomic E-state index is 8.21. The molecule has 0 aliphatic carbocycles. The molecule has 0 saturated heterocycles. The minimum atomic E-state index is 0.0483. The van der Waals surface area contributed by atoms with E-state index < -0.39 is 0 Å². The van der Waals surface area contributed by atoms with Crippen molar-refractivity contribution in [2.24, 2.45) is 0 Å². The Kier molecular flexibility index (Phi) is 4.15. The summed E-state index contributed by atoms with van der Waals surface area (Å²) in [5.41, 5.74) is 0. The van der Waals surface area contributed by atoms with E-state index in [1.807, 2.05) is 6.92 Å². The largest absolute Gasteiger partial charge is 0.392 e. The second-order valence-corrected chi connectivity index (χ2v) is 1.67. The molecule has 0 atom stereocenters. The quantitative estimate of drug-likeness (QED) is 0.586. The summed E-state index contributed by atoms with van der Waals surface area (Å²) < 4.78 is 0. The van der Waals surface area contributed by atoms with Crippen LogP contribution >= 0.6 is 11.6 Å². The molecule has 2 heteroatoms. The van der Waals surface area contributed by atoms with E-state index in [1.165, 1.54) is 0 Å². The summed E-state index contributed by atoms with van der Waals surface area (Å²) in [6, 6.07) is 0. The number of aliphatic hydroxyl groups excluding tert-OH is 1. The van der Waals surface area contributed by atoms with E-state index in [2.05, 4.69) is 0 Å². The van der Waals surface area contributed by atoms with Crippen LogP contribution in [-0.4, -0.2) is 11.7 Å². The smallest absolute Gasteiger partial charge is 0.0626 e. The van der Waals surface area contributed by atoms with Crippen molar-refractivity contribution >= 4 is 11.6 Å². The van der Waals surface area contributed by atoms with Crippen molar-refractivity contribution in [3.05, 3.63) is 11.1 Å². The first-order chi connectivity index (χ1) is 3.31. The van der Waals surface area contributed by atoms with Crippen molar-refractivity contribution in [1.29, 1.82) is 0 Å². The average molecular weight is 121 g/mol. The van der Waals surface area contributed by atoms with Gasteiger partial charge in [0.05, 0.1) is 6.61 Å². The predicted octanol–water partition coefficient (Wildman–Crippen LogP) is 1.51. The molecule has 0 aromatic rings. The molecule has 0 aliphatic heterocycles. The first kappa shape index (κ1) is 6.99. The van der Waals surface area contributed by atoms with E-state index in [-0.39, 0.29) is 6.61 Å². The lowest BCUT2D eigenvalue weighted by Gasteiger charge is -1.85. The highest BCUT2D eigenvalue weighted by Crippen LogP contribution is 2.03. The maximum Gasteiger partial charge on any atom is 0.0626 e. The zero-order chi connectivity index (χ0) is 5.70. The lowest BCUT2D eigenvalue weighted by atomic mass is 10.4. The van der Waals surface area contributed by atoms with Crippen molar-refractivity contribution in [3.8, 4) is 0 Å². The molecule has 0 unspecified atom stereocenters. The summed E-state index contributed by atoms with van der Waals surface area (Å²) in [5, 5.41) is 8.93. The van der Waals surface area contributed by atoms with Gasteiger partial charge < -0.3 is 5.11 Å². The average Bonchev–Trinajstić information content (AvgIpc) is 1.68. The molecule has 0 radical (unpaired) electrons. The maximum absolute atomic E-state index is 8.21. The molecule has 0 bridgehead atoms. The molecular weight excluding hydrogens is 112 g/mol. The number of hydrogen-bond acceptors (Lipinski definition) is 1. The Balaban J connectivity index is 3.29. The fourth-order valence-electron chi connectivity index (χ4n) is 0.243. The molecule has 0 aromatic heterocycles. The van der Waals surface area contributed by atoms with Crippen LogP contribution in [0.3, 0.4) is 0 Å². The fraction of sp³-hybridized carbons (Fsp3) is 0.600. The highest BCUT2D eigenvalue weighted by molar-refractivity contribution is 6.29. The molecule has 42 valence electrons. The molecule has 0 aliphatic rings. The van der Waals surface area contributed by atoms with E-state index in [1.54, 1.807) is 6.08 Å². The summed E-state index contributed by atoms with van der Waals surface area (Å²) in [6.07, 6.45) is 2.39. The van der Waals surface area contributed by atoms with Crippen molar-refractivity contribution in [1.82, 2.24) is 0 Å². The molecule has 0 amide bonds. The van der Waals surface area contributed by atoms with E-state index >= 15 is 0 Å². The van der Waals surface area contributed by atoms with Gasteiger partial charge in [0.15, 0.2) is 0 Å². The van der Waals surface area contributed by atoms with Crippen molar-refractivity contribution < 1.29 is 5.11 Å². The third kappa shape index (κ3) is 3.83. The number of aliphatic hydroxyl groups is 1. The van der Waals surface area contributed by atoms with Gasteiger partial charge in [-0.3, -0.25) is 0 Å². The zero-order valence-corrected chi connectivity index (χ0v) is 5.07. The SMILES string of the molecule is CC/C(Cl)=C/CO. The minimum absolute atomic E-state index is 0.0483. The molecular formula is C5H9ClO. The molecule has 0 fully saturated rings. The monoisotopic (exact) mass is 120 g/mol. The van der Waals surface area contributed by atoms with Crippen LogP contribution in [0.2, 0.25) is 0 Å². The molecule has 0 spiro atoms. The van der Waals surface area contributed by atoms with Gasteiger partial charge >= 0.3 is 0 Å². The standard InChI is InChI=1S/C5H9ClO/c1-2-5(6)3-4-7/h3,7H,2,4H2,1H3/b5-3-. The van der Waals surface area contributed by atoms with E-state index in [0.29, 0.717) is 0 Å². The van der Waals surface area contributed by atoms with E-state index in [4.69, 9.17) is 16.7 Å². The summed E-state index contributed by atoms with van der Waals surface area (Å²) >= 11 is 5.47. The molecule has 1 N–H and O–H groups in total. The molecule has 0 saturated carbocycles. The van der Waals surface area contributed by atoms with Crippen molar-refractivity contribution in [2.75, 3.05) is 6.61 Å². The molecule has 1 nitrogen and oxygen atoms in total. The third-order valence-corrected chi connectivity index (χ3v) is 1.07. The van der Waals surface area contributed by atoms with Crippen LogP contribution in [0.25, 0.3) is 0 Å². The Morgan fingerprint density at radius 3 is 2.57 bits per heavy atom. The van der Waals surface area contributed by atoms with Crippen LogP contribution < -0.4 is 0 Å². The van der Waals surface area contributed by atoms with Crippen LogP contribution in [0, 0.1) is 0 Å². The molecule has 0 aromatic carbocycles. The van der Waals surface area contributed by atoms with Gasteiger partial charge in [-0.1, -0.05) is 18.5 Å². The van der Waals surface area contributed by atoms with Gasteiger partial charge in [-0.15, -0.1) is 0 Å². The number of halogens is 1. The van der Waals surface area contributed by atoms with Gasteiger partial charge in [-0.05, 0) is 12.5 Å². The molecule has 7 heavy (non-hydrogen) atoms. The van der Waals surface area contributed by atoms with Gasteiger partial charge in [0.2, 0.25) is 0 Å². The van der Waals surface area contributed by atoms with Crippen molar-refractivity contribution in [2.45, 2.75) is 13.3 Å². The first-order valence-corrected chi connectivity index (χ1v) is 2.64. The number of rotatable bonds is 2. The summed E-state index contributed by atoms with van der Waals surface area (Å²) in [4.78, 5) is 0. The zero-order valence-electron chi connectivity index (χ0n) is 4.32. The summed E-state index contributed by atoms with van der Waals surface area (Å²) in [5.74, 6) is 0. The lowest BCUT2D eigenvalue weighted by Crippen LogP contribution is -1.73. The Morgan fingerprint density at radius 2 is 2.43 bits per heavy atom. The van der Waals surface area contributed by atoms with Crippen LogP contribution in [0.15, 0.2) is 11.1 Å². The first-order valence-electron chi connectivity index (χ1n) is 2.26. The Morgan fingerprint density at radius 1 is 1.86 bits per heavy atom. The summed E-state index contributed by atoms with van der Waals surface area (Å²) in [6.45, 7) is 1.99. The Bertz CT molecular complexity index is 68.5. The normalized spacial score (nSPS) is 12.1. The third-order valence-electron chi connectivity index (χ3n) is 0.651. The minimum Gasteiger partial charge on any atom is -0.392 e. The molecule has 0 heterocycles. The van der Waals surface area contributed by atoms with E-state index in [9.17, 15) is 0 Å². The van der Waals surface area contributed by atoms with Crippen LogP contribution in [-0.2, 0) is 0 Å². The van der Waals surface area contributed by atoms with Crippen LogP contribution in [0.4, 0.5) is 0 Å². The number of hydrogen-bond donors (Lipinski definition) is 1. The Labute approximate surface area is 48.6 Å². The van der Waals surface area contributed by atoms with Crippen molar-refractivity contribution in [3.63, 3.8) is 0 Å². The molecule has 0 rings (SSSR count). The summed E-state index contributed by atoms with van der Waals surface area (Å²) in [7, 11) is 0. The van der Waals surface area contributed by atoms with Gasteiger partial charge in [-0.2, -0.15) is 0 Å². The number of allylic oxidation sites excluding steroid dienone is 1. The van der Waals surface area contributed by atoms with Crippen LogP contribution in [0.5, 0.6) is 0 Å². The predicted molar refractivity (Wildman–Crippen MR) is 31.3 cm³/mol. The second kappa shape index (κ2) is 4.16. The van der Waals surface area contributed by atoms with E-state index in [0.717, 1.165) is 11.5 Å². The lowest BCUT2D eigenvalue weighted by molar-refractivity contribution is 0.342. The Hall–Kier alpha value is -0.0100. The van der Waals surface area contributed by atoms with Gasteiger partial charge in [0, 0.05) is 5.03 Å². The highest BCUT2D eigenvalue weighted by Gasteiger charge is 1.80. The van der Waals surface area contributed by atoms with Gasteiger partial charge in [0.1, 0.15) is 0 Å². The fourth-order valence-corrected chi connectivity index (χ4v) is 0.312. The van der Waals surface area contributed by atoms with Crippen LogP contribution in [0.1, 0.15) is 13.3 Å². The second-order valence-electron chi connectivity index (χ2n) is 1.19. The topological polar surface area (TPSA) is 20.2 Å². The highest BCUT2D eigenvalue weighted by atomic mass is 35.5.